The quantitative estimate of drug-likeness (QED) is 0.866. The third-order valence-electron chi connectivity index (χ3n) is 4.61. The fraction of sp³-hybridized carbons (Fsp3) is 0.250. The lowest BCUT2D eigenvalue weighted by Crippen LogP contribution is -2.40. The maximum atomic E-state index is 13.2. The van der Waals surface area contributed by atoms with Gasteiger partial charge in [-0.05, 0) is 55.3 Å². The number of aliphatic carboxylic acids is 1. The molecule has 3 rings (SSSR count). The van der Waals surface area contributed by atoms with E-state index in [0.717, 1.165) is 6.07 Å². The second-order valence-corrected chi connectivity index (χ2v) is 6.45. The predicted molar refractivity (Wildman–Crippen MR) is 97.1 cm³/mol. The minimum Gasteiger partial charge on any atom is -0.481 e. The Morgan fingerprint density at radius 3 is 2.26 bits per heavy atom. The molecule has 0 unspecified atom stereocenters. The first-order valence-electron chi connectivity index (χ1n) is 8.63. The third kappa shape index (κ3) is 4.49. The fourth-order valence-corrected chi connectivity index (χ4v) is 3.04. The number of hydrogen-bond acceptors (Lipinski definition) is 3. The number of carbonyl (C=O) groups is 3. The standard InChI is InChI=1S/C20H19FN2O4/c21-16-3-1-2-15(12-16)18(24)22-17-6-4-13(5-7-17)19(25)23-10-8-14(9-11-23)20(26)27/h1-7,12,14H,8-11H2,(H,22,24)(H,26,27). The van der Waals surface area contributed by atoms with Crippen LogP contribution in [-0.2, 0) is 4.79 Å². The summed E-state index contributed by atoms with van der Waals surface area (Å²) >= 11 is 0. The molecule has 1 aliphatic heterocycles. The van der Waals surface area contributed by atoms with Crippen molar-refractivity contribution >= 4 is 23.5 Å². The number of halogens is 1. The number of amides is 2. The van der Waals surface area contributed by atoms with Crippen molar-refractivity contribution in [3.63, 3.8) is 0 Å². The van der Waals surface area contributed by atoms with Gasteiger partial charge < -0.3 is 15.3 Å². The van der Waals surface area contributed by atoms with E-state index in [4.69, 9.17) is 5.11 Å². The van der Waals surface area contributed by atoms with Crippen molar-refractivity contribution in [1.82, 2.24) is 4.90 Å². The van der Waals surface area contributed by atoms with Crippen LogP contribution in [-0.4, -0.2) is 40.9 Å². The molecule has 0 bridgehead atoms. The Morgan fingerprint density at radius 2 is 1.67 bits per heavy atom. The summed E-state index contributed by atoms with van der Waals surface area (Å²) in [6, 6.07) is 11.8. The van der Waals surface area contributed by atoms with Crippen molar-refractivity contribution < 1.29 is 23.9 Å². The summed E-state index contributed by atoms with van der Waals surface area (Å²) < 4.78 is 13.2. The molecule has 0 saturated carbocycles. The first-order chi connectivity index (χ1) is 12.9. The number of anilines is 1. The molecule has 6 nitrogen and oxygen atoms in total. The van der Waals surface area contributed by atoms with Crippen molar-refractivity contribution in [2.24, 2.45) is 5.92 Å². The number of benzene rings is 2. The first kappa shape index (κ1) is 18.6. The van der Waals surface area contributed by atoms with Crippen LogP contribution in [0.3, 0.4) is 0 Å². The smallest absolute Gasteiger partial charge is 0.306 e. The maximum Gasteiger partial charge on any atom is 0.306 e. The molecule has 1 aliphatic rings. The fourth-order valence-electron chi connectivity index (χ4n) is 3.04. The number of carboxylic acids is 1. The van der Waals surface area contributed by atoms with Crippen LogP contribution in [0.15, 0.2) is 48.5 Å². The summed E-state index contributed by atoms with van der Waals surface area (Å²) in [4.78, 5) is 37.3. The van der Waals surface area contributed by atoms with Gasteiger partial charge in [0, 0.05) is 29.9 Å². The van der Waals surface area contributed by atoms with E-state index in [2.05, 4.69) is 5.32 Å². The Kier molecular flexibility index (Phi) is 5.49. The number of carbonyl (C=O) groups excluding carboxylic acids is 2. The van der Waals surface area contributed by atoms with Crippen molar-refractivity contribution in [3.05, 3.63) is 65.5 Å². The summed E-state index contributed by atoms with van der Waals surface area (Å²) in [5.74, 6) is -2.31. The monoisotopic (exact) mass is 370 g/mol. The third-order valence-corrected chi connectivity index (χ3v) is 4.61. The van der Waals surface area contributed by atoms with Crippen LogP contribution >= 0.6 is 0 Å². The van der Waals surface area contributed by atoms with E-state index in [1.807, 2.05) is 0 Å². The van der Waals surface area contributed by atoms with Gasteiger partial charge in [-0.15, -0.1) is 0 Å². The van der Waals surface area contributed by atoms with Crippen LogP contribution < -0.4 is 5.32 Å². The molecule has 7 heteroatoms. The molecule has 1 fully saturated rings. The maximum absolute atomic E-state index is 13.2. The Morgan fingerprint density at radius 1 is 1.00 bits per heavy atom. The Hall–Kier alpha value is -3.22. The van der Waals surface area contributed by atoms with Crippen LogP contribution in [0.2, 0.25) is 0 Å². The van der Waals surface area contributed by atoms with E-state index in [9.17, 15) is 18.8 Å². The van der Waals surface area contributed by atoms with Crippen LogP contribution in [0.4, 0.5) is 10.1 Å². The lowest BCUT2D eigenvalue weighted by Gasteiger charge is -2.30. The number of nitrogens with zero attached hydrogens (tertiary/aromatic N) is 1. The van der Waals surface area contributed by atoms with Crippen molar-refractivity contribution in [2.75, 3.05) is 18.4 Å². The summed E-state index contributed by atoms with van der Waals surface area (Å²) in [5.41, 5.74) is 1.16. The molecular formula is C20H19FN2O4. The van der Waals surface area contributed by atoms with Crippen LogP contribution in [0.5, 0.6) is 0 Å². The van der Waals surface area contributed by atoms with Gasteiger partial charge in [-0.25, -0.2) is 4.39 Å². The van der Waals surface area contributed by atoms with Crippen molar-refractivity contribution in [1.29, 1.82) is 0 Å². The van der Waals surface area contributed by atoms with Gasteiger partial charge in [0.15, 0.2) is 0 Å². The SMILES string of the molecule is O=C(Nc1ccc(C(=O)N2CCC(C(=O)O)CC2)cc1)c1cccc(F)c1. The highest BCUT2D eigenvalue weighted by Gasteiger charge is 2.27. The molecular weight excluding hydrogens is 351 g/mol. The van der Waals surface area contributed by atoms with Gasteiger partial charge in [-0.1, -0.05) is 6.07 Å². The Balaban J connectivity index is 1.61. The van der Waals surface area contributed by atoms with E-state index >= 15 is 0 Å². The average Bonchev–Trinajstić information content (AvgIpc) is 2.68. The Bertz CT molecular complexity index is 859. The van der Waals surface area contributed by atoms with Crippen molar-refractivity contribution in [3.8, 4) is 0 Å². The number of piperidine rings is 1. The highest BCUT2D eigenvalue weighted by Crippen LogP contribution is 2.20. The van der Waals surface area contributed by atoms with Crippen molar-refractivity contribution in [2.45, 2.75) is 12.8 Å². The molecule has 2 aromatic carbocycles. The molecule has 0 spiro atoms. The number of rotatable bonds is 4. The number of hydrogen-bond donors (Lipinski definition) is 2. The largest absolute Gasteiger partial charge is 0.481 e. The second kappa shape index (κ2) is 7.99. The normalized spacial score (nSPS) is 14.6. The van der Waals surface area contributed by atoms with E-state index in [1.165, 1.54) is 18.2 Å². The van der Waals surface area contributed by atoms with Crippen LogP contribution in [0.1, 0.15) is 33.6 Å². The van der Waals surface area contributed by atoms with E-state index in [1.54, 1.807) is 29.2 Å². The van der Waals surface area contributed by atoms with Gasteiger partial charge >= 0.3 is 5.97 Å². The van der Waals surface area contributed by atoms with E-state index < -0.39 is 23.6 Å². The second-order valence-electron chi connectivity index (χ2n) is 6.45. The zero-order chi connectivity index (χ0) is 19.4. The van der Waals surface area contributed by atoms with Gasteiger partial charge in [0.05, 0.1) is 5.92 Å². The molecule has 2 N–H and O–H groups in total. The molecule has 2 aromatic rings. The molecule has 1 heterocycles. The molecule has 0 aliphatic carbocycles. The van der Waals surface area contributed by atoms with Crippen LogP contribution in [0, 0.1) is 11.7 Å². The molecule has 27 heavy (non-hydrogen) atoms. The van der Waals surface area contributed by atoms with Gasteiger partial charge in [0.25, 0.3) is 11.8 Å². The van der Waals surface area contributed by atoms with Gasteiger partial charge in [0.1, 0.15) is 5.82 Å². The molecule has 0 aromatic heterocycles. The molecule has 0 radical (unpaired) electrons. The highest BCUT2D eigenvalue weighted by molar-refractivity contribution is 6.04. The zero-order valence-corrected chi connectivity index (χ0v) is 14.5. The average molecular weight is 370 g/mol. The first-order valence-corrected chi connectivity index (χ1v) is 8.63. The van der Waals surface area contributed by atoms with Gasteiger partial charge in [-0.3, -0.25) is 14.4 Å². The van der Waals surface area contributed by atoms with Crippen LogP contribution in [0.25, 0.3) is 0 Å². The summed E-state index contributed by atoms with van der Waals surface area (Å²) in [7, 11) is 0. The predicted octanol–water partition coefficient (Wildman–Crippen LogP) is 3.01. The van der Waals surface area contributed by atoms with Gasteiger partial charge in [0.2, 0.25) is 0 Å². The number of carboxylic acid groups (broad SMARTS) is 1. The lowest BCUT2D eigenvalue weighted by atomic mass is 9.96. The van der Waals surface area contributed by atoms with E-state index in [-0.39, 0.29) is 11.5 Å². The molecule has 0 atom stereocenters. The number of likely N-dealkylation sites (tertiary alicyclic amines) is 1. The summed E-state index contributed by atoms with van der Waals surface area (Å²) in [6.45, 7) is 0.821. The highest BCUT2D eigenvalue weighted by atomic mass is 19.1. The van der Waals surface area contributed by atoms with E-state index in [0.29, 0.717) is 37.2 Å². The minimum absolute atomic E-state index is 0.165. The Labute approximate surface area is 155 Å². The summed E-state index contributed by atoms with van der Waals surface area (Å²) in [5, 5.41) is 11.7. The topological polar surface area (TPSA) is 86.7 Å². The van der Waals surface area contributed by atoms with Gasteiger partial charge in [-0.2, -0.15) is 0 Å². The zero-order valence-electron chi connectivity index (χ0n) is 14.5. The minimum atomic E-state index is -0.819. The molecule has 1 saturated heterocycles. The molecule has 2 amide bonds. The lowest BCUT2D eigenvalue weighted by molar-refractivity contribution is -0.143. The molecule has 140 valence electrons. The number of nitrogens with one attached hydrogen (secondary N) is 1. The summed E-state index contributed by atoms with van der Waals surface area (Å²) in [6.07, 6.45) is 0.895.